The first-order valence-electron chi connectivity index (χ1n) is 4.87. The van der Waals surface area contributed by atoms with Gasteiger partial charge in [0.05, 0.1) is 0 Å². The van der Waals surface area contributed by atoms with Crippen molar-refractivity contribution in [3.05, 3.63) is 0 Å². The Bertz CT molecular complexity index is 138. The molecule has 0 bridgehead atoms. The van der Waals surface area contributed by atoms with Crippen LogP contribution in [0.1, 0.15) is 27.2 Å². The molecular formula is C9H23NO2Si. The summed E-state index contributed by atoms with van der Waals surface area (Å²) in [4.78, 5) is 0. The van der Waals surface area contributed by atoms with Gasteiger partial charge < -0.3 is 8.85 Å². The van der Waals surface area contributed by atoms with Gasteiger partial charge in [0.1, 0.15) is 0 Å². The highest BCUT2D eigenvalue weighted by Gasteiger charge is 2.41. The molecule has 0 aliphatic rings. The summed E-state index contributed by atoms with van der Waals surface area (Å²) in [6, 6.07) is 1.49. The first kappa shape index (κ1) is 13.1. The smallest absolute Gasteiger partial charge is 0.386 e. The van der Waals surface area contributed by atoms with Gasteiger partial charge in [-0.2, -0.15) is 0 Å². The zero-order chi connectivity index (χ0) is 10.5. The summed E-state index contributed by atoms with van der Waals surface area (Å²) in [6.07, 6.45) is 1.10. The van der Waals surface area contributed by atoms with Crippen LogP contribution in [0.25, 0.3) is 0 Å². The van der Waals surface area contributed by atoms with Gasteiger partial charge in [-0.25, -0.2) is 0 Å². The SMILES string of the molecule is CCC[Si](OC)(OC)N(C)C(C)C. The molecule has 0 N–H and O–H groups in total. The van der Waals surface area contributed by atoms with Gasteiger partial charge in [-0.1, -0.05) is 27.2 Å². The molecule has 3 nitrogen and oxygen atoms in total. The third kappa shape index (κ3) is 3.05. The molecule has 0 aliphatic carbocycles. The van der Waals surface area contributed by atoms with E-state index in [1.54, 1.807) is 14.2 Å². The average molecular weight is 205 g/mol. The van der Waals surface area contributed by atoms with Crippen LogP contribution in [0.3, 0.4) is 0 Å². The van der Waals surface area contributed by atoms with E-state index in [1.807, 2.05) is 0 Å². The maximum atomic E-state index is 5.59. The van der Waals surface area contributed by atoms with Crippen molar-refractivity contribution in [1.29, 1.82) is 0 Å². The molecule has 0 aliphatic heterocycles. The van der Waals surface area contributed by atoms with E-state index in [-0.39, 0.29) is 0 Å². The fourth-order valence-electron chi connectivity index (χ4n) is 1.46. The third-order valence-corrected chi connectivity index (χ3v) is 6.51. The van der Waals surface area contributed by atoms with Crippen LogP contribution in [-0.4, -0.2) is 40.6 Å². The zero-order valence-corrected chi connectivity index (χ0v) is 10.8. The van der Waals surface area contributed by atoms with E-state index in [9.17, 15) is 0 Å². The van der Waals surface area contributed by atoms with E-state index in [4.69, 9.17) is 8.85 Å². The molecule has 0 fully saturated rings. The van der Waals surface area contributed by atoms with E-state index >= 15 is 0 Å². The Morgan fingerprint density at radius 2 is 1.69 bits per heavy atom. The molecule has 0 radical (unpaired) electrons. The Hall–Kier alpha value is 0.0969. The van der Waals surface area contributed by atoms with E-state index < -0.39 is 8.72 Å². The van der Waals surface area contributed by atoms with E-state index in [1.165, 1.54) is 0 Å². The average Bonchev–Trinajstić information content (AvgIpc) is 2.13. The van der Waals surface area contributed by atoms with Gasteiger partial charge in [0.15, 0.2) is 0 Å². The van der Waals surface area contributed by atoms with Crippen LogP contribution in [0.5, 0.6) is 0 Å². The second kappa shape index (κ2) is 5.75. The quantitative estimate of drug-likeness (QED) is 0.619. The molecule has 0 spiro atoms. The third-order valence-electron chi connectivity index (χ3n) is 2.52. The van der Waals surface area contributed by atoms with Gasteiger partial charge in [-0.3, -0.25) is 4.57 Å². The Kier molecular flexibility index (Phi) is 5.79. The molecule has 0 aromatic rings. The predicted octanol–water partition coefficient (Wildman–Crippen LogP) is 1.97. The van der Waals surface area contributed by atoms with Crippen molar-refractivity contribution in [2.24, 2.45) is 0 Å². The van der Waals surface area contributed by atoms with E-state index in [0.29, 0.717) is 6.04 Å². The minimum atomic E-state index is -2.08. The lowest BCUT2D eigenvalue weighted by Gasteiger charge is -2.37. The van der Waals surface area contributed by atoms with Crippen molar-refractivity contribution >= 4 is 8.72 Å². The highest BCUT2D eigenvalue weighted by molar-refractivity contribution is 6.64. The first-order chi connectivity index (χ1) is 6.04. The lowest BCUT2D eigenvalue weighted by molar-refractivity contribution is 0.160. The summed E-state index contributed by atoms with van der Waals surface area (Å²) in [7, 11) is 3.51. The van der Waals surface area contributed by atoms with Crippen molar-refractivity contribution in [2.45, 2.75) is 39.3 Å². The monoisotopic (exact) mass is 205 g/mol. The zero-order valence-electron chi connectivity index (χ0n) is 9.76. The molecule has 80 valence electrons. The van der Waals surface area contributed by atoms with Crippen LogP contribution in [0, 0.1) is 0 Å². The van der Waals surface area contributed by atoms with Gasteiger partial charge in [0.25, 0.3) is 0 Å². The summed E-state index contributed by atoms with van der Waals surface area (Å²) < 4.78 is 13.4. The van der Waals surface area contributed by atoms with Crippen molar-refractivity contribution < 1.29 is 8.85 Å². The Morgan fingerprint density at radius 3 is 1.92 bits per heavy atom. The Morgan fingerprint density at radius 1 is 1.23 bits per heavy atom. The molecule has 0 saturated heterocycles. The number of hydrogen-bond acceptors (Lipinski definition) is 3. The Balaban J connectivity index is 4.53. The molecule has 4 heteroatoms. The fourth-order valence-corrected chi connectivity index (χ4v) is 4.38. The first-order valence-corrected chi connectivity index (χ1v) is 6.84. The molecule has 0 amide bonds. The molecule has 13 heavy (non-hydrogen) atoms. The molecule has 0 heterocycles. The van der Waals surface area contributed by atoms with Gasteiger partial charge in [-0.05, 0) is 7.05 Å². The summed E-state index contributed by atoms with van der Waals surface area (Å²) in [6.45, 7) is 6.48. The maximum Gasteiger partial charge on any atom is 0.427 e. The maximum absolute atomic E-state index is 5.59. The van der Waals surface area contributed by atoms with Crippen molar-refractivity contribution in [3.63, 3.8) is 0 Å². The summed E-state index contributed by atoms with van der Waals surface area (Å²) in [5, 5.41) is 0. The molecule has 0 atom stereocenters. The van der Waals surface area contributed by atoms with Crippen LogP contribution in [-0.2, 0) is 8.85 Å². The Labute approximate surface area is 83.4 Å². The normalized spacial score (nSPS) is 12.9. The summed E-state index contributed by atoms with van der Waals surface area (Å²) in [5.74, 6) is 0. The van der Waals surface area contributed by atoms with E-state index in [0.717, 1.165) is 12.5 Å². The highest BCUT2D eigenvalue weighted by Crippen LogP contribution is 2.19. The van der Waals surface area contributed by atoms with Crippen LogP contribution in [0.15, 0.2) is 0 Å². The van der Waals surface area contributed by atoms with Crippen molar-refractivity contribution in [3.8, 4) is 0 Å². The molecule has 0 saturated carbocycles. The number of rotatable bonds is 6. The van der Waals surface area contributed by atoms with Crippen LogP contribution < -0.4 is 0 Å². The molecule has 0 aromatic carbocycles. The highest BCUT2D eigenvalue weighted by atomic mass is 28.4. The standard InChI is InChI=1S/C9H23NO2Si/c1-7-8-13(11-5,12-6)10(4)9(2)3/h9H,7-8H2,1-6H3. The largest absolute Gasteiger partial charge is 0.427 e. The summed E-state index contributed by atoms with van der Waals surface area (Å²) >= 11 is 0. The van der Waals surface area contributed by atoms with Crippen molar-refractivity contribution in [2.75, 3.05) is 21.3 Å². The van der Waals surface area contributed by atoms with Crippen LogP contribution >= 0.6 is 0 Å². The molecule has 0 rings (SSSR count). The topological polar surface area (TPSA) is 21.7 Å². The van der Waals surface area contributed by atoms with Gasteiger partial charge in [0.2, 0.25) is 0 Å². The molecule has 0 aromatic heterocycles. The fraction of sp³-hybridized carbons (Fsp3) is 1.00. The van der Waals surface area contributed by atoms with Gasteiger partial charge in [-0.15, -0.1) is 0 Å². The van der Waals surface area contributed by atoms with Crippen LogP contribution in [0.4, 0.5) is 0 Å². The minimum Gasteiger partial charge on any atom is -0.386 e. The molecular weight excluding hydrogens is 182 g/mol. The van der Waals surface area contributed by atoms with Crippen molar-refractivity contribution in [1.82, 2.24) is 4.57 Å². The second-order valence-corrected chi connectivity index (χ2v) is 7.02. The lowest BCUT2D eigenvalue weighted by Crippen LogP contribution is -2.58. The van der Waals surface area contributed by atoms with Crippen LogP contribution in [0.2, 0.25) is 6.04 Å². The van der Waals surface area contributed by atoms with E-state index in [2.05, 4.69) is 32.4 Å². The minimum absolute atomic E-state index is 0.470. The predicted molar refractivity (Wildman–Crippen MR) is 57.8 cm³/mol. The number of nitrogens with zero attached hydrogens (tertiary/aromatic N) is 1. The van der Waals surface area contributed by atoms with Gasteiger partial charge in [0, 0.05) is 26.3 Å². The molecule has 0 unspecified atom stereocenters. The lowest BCUT2D eigenvalue weighted by atomic mass is 10.4. The summed E-state index contributed by atoms with van der Waals surface area (Å²) in [5.41, 5.74) is 0. The number of hydrogen-bond donors (Lipinski definition) is 0. The van der Waals surface area contributed by atoms with Gasteiger partial charge >= 0.3 is 8.72 Å². The second-order valence-electron chi connectivity index (χ2n) is 3.58.